The van der Waals surface area contributed by atoms with Gasteiger partial charge in [-0.3, -0.25) is 0 Å². The van der Waals surface area contributed by atoms with Crippen LogP contribution in [0.25, 0.3) is 10.9 Å². The van der Waals surface area contributed by atoms with Crippen molar-refractivity contribution >= 4 is 22.5 Å². The first kappa shape index (κ1) is 12.3. The van der Waals surface area contributed by atoms with Crippen molar-refractivity contribution in [1.29, 1.82) is 0 Å². The molecule has 0 radical (unpaired) electrons. The molecule has 0 N–H and O–H groups in total. The van der Waals surface area contributed by atoms with Crippen molar-refractivity contribution in [3.63, 3.8) is 0 Å². The van der Waals surface area contributed by atoms with Crippen molar-refractivity contribution < 1.29 is 0 Å². The van der Waals surface area contributed by atoms with E-state index >= 15 is 0 Å². The number of hydrogen-bond acceptors (Lipinski definition) is 0. The molecule has 1 aromatic heterocycles. The zero-order valence-electron chi connectivity index (χ0n) is 11.2. The van der Waals surface area contributed by atoms with E-state index in [-0.39, 0.29) is 0 Å². The van der Waals surface area contributed by atoms with Crippen molar-refractivity contribution in [2.75, 3.05) is 0 Å². The highest BCUT2D eigenvalue weighted by Gasteiger charge is 2.05. The van der Waals surface area contributed by atoms with Gasteiger partial charge in [0.15, 0.2) is 0 Å². The van der Waals surface area contributed by atoms with Crippen molar-refractivity contribution in [2.45, 2.75) is 20.4 Å². The van der Waals surface area contributed by atoms with E-state index in [0.29, 0.717) is 0 Å². The van der Waals surface area contributed by atoms with Gasteiger partial charge in [-0.25, -0.2) is 0 Å². The van der Waals surface area contributed by atoms with Crippen LogP contribution in [0.5, 0.6) is 0 Å². The minimum absolute atomic E-state index is 0.812. The van der Waals surface area contributed by atoms with Gasteiger partial charge in [0.2, 0.25) is 0 Å². The fourth-order valence-electron chi connectivity index (χ4n) is 2.40. The number of rotatable bonds is 2. The molecule has 0 atom stereocenters. The Hall–Kier alpha value is -1.73. The fourth-order valence-corrected chi connectivity index (χ4v) is 2.69. The molecule has 0 spiro atoms. The molecule has 0 bridgehead atoms. The Morgan fingerprint density at radius 3 is 2.47 bits per heavy atom. The van der Waals surface area contributed by atoms with Crippen LogP contribution >= 0.6 is 11.6 Å². The molecule has 2 heteroatoms. The average molecular weight is 270 g/mol. The summed E-state index contributed by atoms with van der Waals surface area (Å²) in [5.74, 6) is 0. The number of halogens is 1. The number of nitrogens with zero attached hydrogens (tertiary/aromatic N) is 1. The summed E-state index contributed by atoms with van der Waals surface area (Å²) in [5, 5.41) is 2.11. The lowest BCUT2D eigenvalue weighted by atomic mass is 10.1. The Morgan fingerprint density at radius 1 is 0.947 bits per heavy atom. The lowest BCUT2D eigenvalue weighted by Crippen LogP contribution is -1.99. The normalized spacial score (nSPS) is 11.1. The zero-order valence-corrected chi connectivity index (χ0v) is 11.9. The summed E-state index contributed by atoms with van der Waals surface area (Å²) < 4.78 is 2.25. The quantitative estimate of drug-likeness (QED) is 0.620. The van der Waals surface area contributed by atoms with E-state index in [1.807, 2.05) is 6.07 Å². The van der Waals surface area contributed by atoms with Crippen molar-refractivity contribution in [1.82, 2.24) is 4.57 Å². The Kier molecular flexibility index (Phi) is 3.08. The third-order valence-electron chi connectivity index (χ3n) is 3.48. The highest BCUT2D eigenvalue weighted by atomic mass is 35.5. The monoisotopic (exact) mass is 269 g/mol. The van der Waals surface area contributed by atoms with Gasteiger partial charge >= 0.3 is 0 Å². The Labute approximate surface area is 118 Å². The van der Waals surface area contributed by atoms with Crippen LogP contribution in [0.15, 0.2) is 48.7 Å². The van der Waals surface area contributed by atoms with Gasteiger partial charge in [-0.05, 0) is 54.1 Å². The molecule has 1 nitrogen and oxygen atoms in total. The Bertz CT molecular complexity index is 740. The van der Waals surface area contributed by atoms with Crippen LogP contribution in [0.4, 0.5) is 0 Å². The van der Waals surface area contributed by atoms with Crippen LogP contribution in [-0.4, -0.2) is 4.57 Å². The van der Waals surface area contributed by atoms with Crippen LogP contribution in [-0.2, 0) is 6.54 Å². The van der Waals surface area contributed by atoms with E-state index in [1.54, 1.807) is 0 Å². The molecular formula is C17H16ClN. The molecule has 0 aliphatic carbocycles. The molecule has 3 aromatic rings. The SMILES string of the molecule is Cc1ccc(Cn2ccc3ccc(C)cc32)c(Cl)c1. The van der Waals surface area contributed by atoms with Crippen molar-refractivity contribution in [3.8, 4) is 0 Å². The van der Waals surface area contributed by atoms with Crippen LogP contribution < -0.4 is 0 Å². The van der Waals surface area contributed by atoms with Crippen molar-refractivity contribution in [3.05, 3.63) is 70.4 Å². The summed E-state index contributed by atoms with van der Waals surface area (Å²) in [6.45, 7) is 4.99. The van der Waals surface area contributed by atoms with E-state index in [4.69, 9.17) is 11.6 Å². The highest BCUT2D eigenvalue weighted by molar-refractivity contribution is 6.31. The number of aromatic nitrogens is 1. The summed E-state index contributed by atoms with van der Waals surface area (Å²) in [6, 6.07) is 14.9. The van der Waals surface area contributed by atoms with Gasteiger partial charge < -0.3 is 4.57 Å². The molecule has 0 amide bonds. The summed E-state index contributed by atoms with van der Waals surface area (Å²) in [5.41, 5.74) is 4.90. The lowest BCUT2D eigenvalue weighted by molar-refractivity contribution is 0.836. The maximum Gasteiger partial charge on any atom is 0.0490 e. The maximum absolute atomic E-state index is 6.32. The molecule has 0 saturated heterocycles. The van der Waals surface area contributed by atoms with E-state index in [2.05, 4.69) is 61.0 Å². The molecule has 3 rings (SSSR count). The molecule has 1 heterocycles. The van der Waals surface area contributed by atoms with E-state index in [9.17, 15) is 0 Å². The molecule has 0 aliphatic heterocycles. The van der Waals surface area contributed by atoms with Gasteiger partial charge in [-0.1, -0.05) is 35.9 Å². The second-order valence-corrected chi connectivity index (χ2v) is 5.51. The predicted molar refractivity (Wildman–Crippen MR) is 82.0 cm³/mol. The molecule has 96 valence electrons. The smallest absolute Gasteiger partial charge is 0.0490 e. The fraction of sp³-hybridized carbons (Fsp3) is 0.176. The predicted octanol–water partition coefficient (Wildman–Crippen LogP) is 4.96. The van der Waals surface area contributed by atoms with Crippen LogP contribution in [0, 0.1) is 13.8 Å². The second-order valence-electron chi connectivity index (χ2n) is 5.10. The number of hydrogen-bond donors (Lipinski definition) is 0. The minimum atomic E-state index is 0.812. The first-order chi connectivity index (χ1) is 9.13. The van der Waals surface area contributed by atoms with Gasteiger partial charge in [0.05, 0.1) is 0 Å². The highest BCUT2D eigenvalue weighted by Crippen LogP contribution is 2.22. The summed E-state index contributed by atoms with van der Waals surface area (Å²) in [6.07, 6.45) is 2.13. The largest absolute Gasteiger partial charge is 0.343 e. The number of fused-ring (bicyclic) bond motifs is 1. The van der Waals surface area contributed by atoms with Crippen LogP contribution in [0.3, 0.4) is 0 Å². The molecule has 0 aliphatic rings. The second kappa shape index (κ2) is 4.75. The van der Waals surface area contributed by atoms with Gasteiger partial charge in [0, 0.05) is 23.3 Å². The lowest BCUT2D eigenvalue weighted by Gasteiger charge is -2.09. The Balaban J connectivity index is 2.03. The van der Waals surface area contributed by atoms with Crippen LogP contribution in [0.1, 0.15) is 16.7 Å². The van der Waals surface area contributed by atoms with Gasteiger partial charge in [0.25, 0.3) is 0 Å². The molecule has 0 saturated carbocycles. The summed E-state index contributed by atoms with van der Waals surface area (Å²) in [4.78, 5) is 0. The van der Waals surface area contributed by atoms with Gasteiger partial charge in [0.1, 0.15) is 0 Å². The molecule has 2 aromatic carbocycles. The molecule has 0 fully saturated rings. The molecule has 19 heavy (non-hydrogen) atoms. The third-order valence-corrected chi connectivity index (χ3v) is 3.83. The zero-order chi connectivity index (χ0) is 13.4. The number of benzene rings is 2. The number of aryl methyl sites for hydroxylation is 2. The first-order valence-electron chi connectivity index (χ1n) is 6.44. The summed E-state index contributed by atoms with van der Waals surface area (Å²) >= 11 is 6.32. The first-order valence-corrected chi connectivity index (χ1v) is 6.82. The maximum atomic E-state index is 6.32. The van der Waals surface area contributed by atoms with E-state index in [1.165, 1.54) is 22.0 Å². The topological polar surface area (TPSA) is 4.93 Å². The summed E-state index contributed by atoms with van der Waals surface area (Å²) in [7, 11) is 0. The standard InChI is InChI=1S/C17H16ClN/c1-12-4-6-15(16(18)9-12)11-19-8-7-14-5-3-13(2)10-17(14)19/h3-10H,11H2,1-2H3. The van der Waals surface area contributed by atoms with Crippen molar-refractivity contribution in [2.24, 2.45) is 0 Å². The van der Waals surface area contributed by atoms with Crippen LogP contribution in [0.2, 0.25) is 5.02 Å². The van der Waals surface area contributed by atoms with Gasteiger partial charge in [-0.2, -0.15) is 0 Å². The minimum Gasteiger partial charge on any atom is -0.343 e. The Morgan fingerprint density at radius 2 is 1.68 bits per heavy atom. The van der Waals surface area contributed by atoms with Gasteiger partial charge in [-0.15, -0.1) is 0 Å². The average Bonchev–Trinajstić information content (AvgIpc) is 2.75. The molecule has 0 unspecified atom stereocenters. The molecular weight excluding hydrogens is 254 g/mol. The van der Waals surface area contributed by atoms with E-state index < -0.39 is 0 Å². The van der Waals surface area contributed by atoms with E-state index in [0.717, 1.165) is 17.1 Å². The third kappa shape index (κ3) is 2.39.